The van der Waals surface area contributed by atoms with Crippen LogP contribution in [0.1, 0.15) is 24.5 Å². The minimum absolute atomic E-state index is 0.0305. The van der Waals surface area contributed by atoms with Gasteiger partial charge in [0.15, 0.2) is 0 Å². The normalized spacial score (nSPS) is 13.5. The molecule has 0 heterocycles. The summed E-state index contributed by atoms with van der Waals surface area (Å²) < 4.78 is 41.5. The maximum Gasteiger partial charge on any atom is 0.389 e. The Morgan fingerprint density at radius 1 is 1.26 bits per heavy atom. The predicted octanol–water partition coefficient (Wildman–Crippen LogP) is 3.96. The van der Waals surface area contributed by atoms with Crippen LogP contribution in [0, 0.1) is 0 Å². The molecule has 0 saturated heterocycles. The highest BCUT2D eigenvalue weighted by atomic mass is 35.5. The van der Waals surface area contributed by atoms with E-state index in [9.17, 15) is 13.2 Å². The van der Waals surface area contributed by atoms with Crippen molar-refractivity contribution >= 4 is 11.6 Å². The van der Waals surface area contributed by atoms with Crippen LogP contribution in [0.25, 0.3) is 0 Å². The topological polar surface area (TPSA) is 21.3 Å². The molecule has 0 aliphatic heterocycles. The van der Waals surface area contributed by atoms with E-state index in [-0.39, 0.29) is 19.1 Å². The SMILES string of the molecule is CNCC(OCCCC(F)(F)F)c1ccc(Cl)cc1. The van der Waals surface area contributed by atoms with Gasteiger partial charge in [-0.2, -0.15) is 13.2 Å². The van der Waals surface area contributed by atoms with Gasteiger partial charge >= 0.3 is 6.18 Å². The Bertz CT molecular complexity index is 367. The molecule has 0 bridgehead atoms. The van der Waals surface area contributed by atoms with Gasteiger partial charge in [0.1, 0.15) is 0 Å². The van der Waals surface area contributed by atoms with Crippen LogP contribution in [0.2, 0.25) is 5.02 Å². The van der Waals surface area contributed by atoms with E-state index >= 15 is 0 Å². The van der Waals surface area contributed by atoms with Gasteiger partial charge in [0.2, 0.25) is 0 Å². The largest absolute Gasteiger partial charge is 0.389 e. The maximum absolute atomic E-state index is 12.0. The van der Waals surface area contributed by atoms with Crippen molar-refractivity contribution in [3.63, 3.8) is 0 Å². The molecule has 1 rings (SSSR count). The molecule has 108 valence electrons. The van der Waals surface area contributed by atoms with Gasteiger partial charge in [-0.05, 0) is 31.2 Å². The lowest BCUT2D eigenvalue weighted by Crippen LogP contribution is -2.20. The van der Waals surface area contributed by atoms with Gasteiger partial charge in [0.05, 0.1) is 6.10 Å². The first-order valence-corrected chi connectivity index (χ1v) is 6.38. The molecule has 2 nitrogen and oxygen atoms in total. The van der Waals surface area contributed by atoms with Crippen molar-refractivity contribution < 1.29 is 17.9 Å². The first-order chi connectivity index (χ1) is 8.92. The van der Waals surface area contributed by atoms with Crippen LogP contribution in [0.5, 0.6) is 0 Å². The highest BCUT2D eigenvalue weighted by Gasteiger charge is 2.26. The molecule has 1 N–H and O–H groups in total. The van der Waals surface area contributed by atoms with Gasteiger partial charge in [0.25, 0.3) is 0 Å². The summed E-state index contributed by atoms with van der Waals surface area (Å²) in [5, 5.41) is 3.57. The van der Waals surface area contributed by atoms with E-state index in [4.69, 9.17) is 16.3 Å². The van der Waals surface area contributed by atoms with E-state index < -0.39 is 12.6 Å². The van der Waals surface area contributed by atoms with Crippen molar-refractivity contribution in [2.45, 2.75) is 25.1 Å². The molecule has 0 fully saturated rings. The number of nitrogens with one attached hydrogen (secondary N) is 1. The lowest BCUT2D eigenvalue weighted by molar-refractivity contribution is -0.138. The van der Waals surface area contributed by atoms with Gasteiger partial charge in [-0.1, -0.05) is 23.7 Å². The molecule has 0 aromatic heterocycles. The third kappa shape index (κ3) is 6.80. The molecule has 0 amide bonds. The molecule has 0 radical (unpaired) electrons. The number of alkyl halides is 3. The van der Waals surface area contributed by atoms with Gasteiger partial charge in [-0.25, -0.2) is 0 Å². The van der Waals surface area contributed by atoms with E-state index in [0.717, 1.165) is 5.56 Å². The highest BCUT2D eigenvalue weighted by molar-refractivity contribution is 6.30. The Balaban J connectivity index is 2.47. The van der Waals surface area contributed by atoms with Crippen LogP contribution >= 0.6 is 11.6 Å². The molecule has 1 aromatic rings. The van der Waals surface area contributed by atoms with Crippen LogP contribution in [0.3, 0.4) is 0 Å². The lowest BCUT2D eigenvalue weighted by Gasteiger charge is -2.18. The summed E-state index contributed by atoms with van der Waals surface area (Å²) in [4.78, 5) is 0. The van der Waals surface area contributed by atoms with Crippen molar-refractivity contribution in [1.29, 1.82) is 0 Å². The fourth-order valence-corrected chi connectivity index (χ4v) is 1.76. The molecular weight excluding hydrogens is 279 g/mol. The summed E-state index contributed by atoms with van der Waals surface area (Å²) in [6, 6.07) is 7.10. The number of rotatable bonds is 7. The summed E-state index contributed by atoms with van der Waals surface area (Å²) in [6.45, 7) is 0.613. The highest BCUT2D eigenvalue weighted by Crippen LogP contribution is 2.23. The Hall–Kier alpha value is -0.780. The van der Waals surface area contributed by atoms with Crippen molar-refractivity contribution in [3.8, 4) is 0 Å². The summed E-state index contributed by atoms with van der Waals surface area (Å²) in [6.07, 6.45) is -5.24. The van der Waals surface area contributed by atoms with Crippen LogP contribution in [0.15, 0.2) is 24.3 Å². The number of benzene rings is 1. The Kier molecular flexibility index (Phi) is 6.62. The standard InChI is InChI=1S/C13H17ClF3NO/c1-18-9-12(10-3-5-11(14)6-4-10)19-8-2-7-13(15,16)17/h3-6,12,18H,2,7-9H2,1H3. The number of hydrogen-bond donors (Lipinski definition) is 1. The van der Waals surface area contributed by atoms with Crippen molar-refractivity contribution in [2.24, 2.45) is 0 Å². The molecule has 1 atom stereocenters. The monoisotopic (exact) mass is 295 g/mol. The van der Waals surface area contributed by atoms with E-state index in [0.29, 0.717) is 11.6 Å². The third-order valence-electron chi connectivity index (χ3n) is 2.55. The zero-order valence-corrected chi connectivity index (χ0v) is 11.4. The zero-order valence-electron chi connectivity index (χ0n) is 10.6. The first-order valence-electron chi connectivity index (χ1n) is 6.01. The van der Waals surface area contributed by atoms with Crippen molar-refractivity contribution in [2.75, 3.05) is 20.2 Å². The molecular formula is C13H17ClF3NO. The van der Waals surface area contributed by atoms with Gasteiger partial charge in [-0.3, -0.25) is 0 Å². The van der Waals surface area contributed by atoms with Crippen LogP contribution < -0.4 is 5.32 Å². The Labute approximate surface area is 115 Å². The van der Waals surface area contributed by atoms with Crippen LogP contribution in [-0.2, 0) is 4.74 Å². The smallest absolute Gasteiger partial charge is 0.372 e. The zero-order chi connectivity index (χ0) is 14.3. The fraction of sp³-hybridized carbons (Fsp3) is 0.538. The third-order valence-corrected chi connectivity index (χ3v) is 2.81. The average molecular weight is 296 g/mol. The van der Waals surface area contributed by atoms with Crippen LogP contribution in [-0.4, -0.2) is 26.4 Å². The molecule has 1 aromatic carbocycles. The predicted molar refractivity (Wildman–Crippen MR) is 69.4 cm³/mol. The Morgan fingerprint density at radius 3 is 2.42 bits per heavy atom. The number of halogens is 4. The van der Waals surface area contributed by atoms with Crippen LogP contribution in [0.4, 0.5) is 13.2 Å². The molecule has 0 aliphatic carbocycles. The number of likely N-dealkylation sites (N-methyl/N-ethyl adjacent to an activating group) is 1. The molecule has 6 heteroatoms. The van der Waals surface area contributed by atoms with E-state index in [1.807, 2.05) is 12.1 Å². The van der Waals surface area contributed by atoms with E-state index in [2.05, 4.69) is 5.32 Å². The van der Waals surface area contributed by atoms with Crippen molar-refractivity contribution in [1.82, 2.24) is 5.32 Å². The summed E-state index contributed by atoms with van der Waals surface area (Å²) in [5.74, 6) is 0. The summed E-state index contributed by atoms with van der Waals surface area (Å²) in [7, 11) is 1.77. The maximum atomic E-state index is 12.0. The summed E-state index contributed by atoms with van der Waals surface area (Å²) >= 11 is 5.79. The first kappa shape index (κ1) is 16.3. The lowest BCUT2D eigenvalue weighted by atomic mass is 10.1. The average Bonchev–Trinajstić information content (AvgIpc) is 2.33. The minimum atomic E-state index is -4.12. The Morgan fingerprint density at radius 2 is 1.89 bits per heavy atom. The second-order valence-corrected chi connectivity index (χ2v) is 4.62. The van der Waals surface area contributed by atoms with Gasteiger partial charge < -0.3 is 10.1 Å². The van der Waals surface area contributed by atoms with E-state index in [1.54, 1.807) is 19.2 Å². The quantitative estimate of drug-likeness (QED) is 0.769. The second-order valence-electron chi connectivity index (χ2n) is 4.19. The van der Waals surface area contributed by atoms with Crippen molar-refractivity contribution in [3.05, 3.63) is 34.9 Å². The summed E-state index contributed by atoms with van der Waals surface area (Å²) in [5.41, 5.74) is 0.894. The molecule has 19 heavy (non-hydrogen) atoms. The molecule has 0 aliphatic rings. The number of hydrogen-bond acceptors (Lipinski definition) is 2. The molecule has 0 spiro atoms. The van der Waals surface area contributed by atoms with Gasteiger partial charge in [0, 0.05) is 24.6 Å². The minimum Gasteiger partial charge on any atom is -0.372 e. The second kappa shape index (κ2) is 7.72. The molecule has 0 saturated carbocycles. The van der Waals surface area contributed by atoms with Gasteiger partial charge in [-0.15, -0.1) is 0 Å². The molecule has 1 unspecified atom stereocenters. The fourth-order valence-electron chi connectivity index (χ4n) is 1.63. The number of ether oxygens (including phenoxy) is 1. The van der Waals surface area contributed by atoms with E-state index in [1.165, 1.54) is 0 Å².